The van der Waals surface area contributed by atoms with E-state index in [4.69, 9.17) is 4.74 Å². The largest absolute Gasteiger partial charge is 0.445 e. The molecule has 1 heterocycles. The predicted molar refractivity (Wildman–Crippen MR) is 85.7 cm³/mol. The van der Waals surface area contributed by atoms with Crippen LogP contribution in [0.4, 0.5) is 4.79 Å². The molecular formula is C16H18N2O3S. The average Bonchev–Trinajstić information content (AvgIpc) is 3.03. The molecule has 0 bridgehead atoms. The minimum Gasteiger partial charge on any atom is -0.445 e. The van der Waals surface area contributed by atoms with E-state index in [9.17, 15) is 9.59 Å². The lowest BCUT2D eigenvalue weighted by Gasteiger charge is -2.08. The molecule has 22 heavy (non-hydrogen) atoms. The van der Waals surface area contributed by atoms with Gasteiger partial charge in [0, 0.05) is 18.0 Å². The van der Waals surface area contributed by atoms with Gasteiger partial charge in [-0.15, -0.1) is 11.3 Å². The SMILES string of the molecule is O=C(Cc1cccs1)NCCNC(=O)OCc1ccccc1. The molecule has 0 radical (unpaired) electrons. The monoisotopic (exact) mass is 318 g/mol. The lowest BCUT2D eigenvalue weighted by atomic mass is 10.2. The fourth-order valence-electron chi connectivity index (χ4n) is 1.77. The van der Waals surface area contributed by atoms with E-state index in [0.717, 1.165) is 10.4 Å². The summed E-state index contributed by atoms with van der Waals surface area (Å²) in [4.78, 5) is 24.1. The van der Waals surface area contributed by atoms with E-state index in [0.29, 0.717) is 19.5 Å². The maximum Gasteiger partial charge on any atom is 0.407 e. The summed E-state index contributed by atoms with van der Waals surface area (Å²) in [6.45, 7) is 0.950. The Hall–Kier alpha value is -2.34. The maximum atomic E-state index is 11.6. The molecule has 1 aromatic carbocycles. The van der Waals surface area contributed by atoms with Gasteiger partial charge in [0.25, 0.3) is 0 Å². The van der Waals surface area contributed by atoms with Gasteiger partial charge in [-0.3, -0.25) is 4.79 Å². The smallest absolute Gasteiger partial charge is 0.407 e. The first kappa shape index (κ1) is 16.0. The van der Waals surface area contributed by atoms with Gasteiger partial charge in [0.15, 0.2) is 0 Å². The molecule has 0 atom stereocenters. The first-order valence-corrected chi connectivity index (χ1v) is 7.85. The molecule has 0 aliphatic carbocycles. The zero-order valence-corrected chi connectivity index (χ0v) is 12.9. The third-order valence-electron chi connectivity index (χ3n) is 2.84. The number of carbonyl (C=O) groups is 2. The topological polar surface area (TPSA) is 67.4 Å². The van der Waals surface area contributed by atoms with Gasteiger partial charge >= 0.3 is 6.09 Å². The number of rotatable bonds is 7. The van der Waals surface area contributed by atoms with Crippen molar-refractivity contribution in [2.75, 3.05) is 13.1 Å². The van der Waals surface area contributed by atoms with Crippen molar-refractivity contribution in [3.05, 3.63) is 58.3 Å². The highest BCUT2D eigenvalue weighted by Crippen LogP contribution is 2.08. The van der Waals surface area contributed by atoms with Crippen molar-refractivity contribution in [1.29, 1.82) is 0 Å². The van der Waals surface area contributed by atoms with Crippen LogP contribution in [0.15, 0.2) is 47.8 Å². The molecule has 6 heteroatoms. The van der Waals surface area contributed by atoms with Crippen LogP contribution >= 0.6 is 11.3 Å². The number of amides is 2. The van der Waals surface area contributed by atoms with E-state index in [2.05, 4.69) is 10.6 Å². The molecule has 0 spiro atoms. The van der Waals surface area contributed by atoms with Crippen molar-refractivity contribution in [3.63, 3.8) is 0 Å². The van der Waals surface area contributed by atoms with Crippen LogP contribution in [0.3, 0.4) is 0 Å². The molecule has 5 nitrogen and oxygen atoms in total. The lowest BCUT2D eigenvalue weighted by Crippen LogP contribution is -2.35. The van der Waals surface area contributed by atoms with Crippen LogP contribution in [0.1, 0.15) is 10.4 Å². The highest BCUT2D eigenvalue weighted by molar-refractivity contribution is 7.10. The minimum atomic E-state index is -0.489. The third kappa shape index (κ3) is 5.97. The maximum absolute atomic E-state index is 11.6. The fourth-order valence-corrected chi connectivity index (χ4v) is 2.48. The summed E-state index contributed by atoms with van der Waals surface area (Å²) >= 11 is 1.55. The zero-order valence-electron chi connectivity index (χ0n) is 12.1. The van der Waals surface area contributed by atoms with Crippen LogP contribution in [0.2, 0.25) is 0 Å². The molecule has 2 aromatic rings. The van der Waals surface area contributed by atoms with Crippen molar-refractivity contribution in [2.45, 2.75) is 13.0 Å². The zero-order chi connectivity index (χ0) is 15.6. The van der Waals surface area contributed by atoms with Crippen molar-refractivity contribution in [3.8, 4) is 0 Å². The number of hydrogen-bond acceptors (Lipinski definition) is 4. The summed E-state index contributed by atoms with van der Waals surface area (Å²) < 4.78 is 5.06. The molecule has 0 unspecified atom stereocenters. The molecule has 2 rings (SSSR count). The van der Waals surface area contributed by atoms with E-state index in [1.165, 1.54) is 0 Å². The Bertz CT molecular complexity index is 585. The Morgan fingerprint density at radius 2 is 1.77 bits per heavy atom. The van der Waals surface area contributed by atoms with E-state index >= 15 is 0 Å². The summed E-state index contributed by atoms with van der Waals surface area (Å²) in [5.41, 5.74) is 0.932. The number of alkyl carbamates (subject to hydrolysis) is 1. The molecule has 2 amide bonds. The van der Waals surface area contributed by atoms with Crippen LogP contribution in [-0.2, 0) is 22.6 Å². The third-order valence-corrected chi connectivity index (χ3v) is 3.72. The fraction of sp³-hybridized carbons (Fsp3) is 0.250. The second kappa shape index (κ2) is 8.84. The normalized spacial score (nSPS) is 10.0. The molecule has 0 aliphatic rings. The van der Waals surface area contributed by atoms with E-state index < -0.39 is 6.09 Å². The predicted octanol–water partition coefficient (Wildman–Crippen LogP) is 2.33. The van der Waals surface area contributed by atoms with Gasteiger partial charge < -0.3 is 15.4 Å². The standard InChI is InChI=1S/C16H18N2O3S/c19-15(11-14-7-4-10-22-14)17-8-9-18-16(20)21-12-13-5-2-1-3-6-13/h1-7,10H,8-9,11-12H2,(H,17,19)(H,18,20). The van der Waals surface area contributed by atoms with Crippen LogP contribution in [0, 0.1) is 0 Å². The quantitative estimate of drug-likeness (QED) is 0.770. The van der Waals surface area contributed by atoms with Crippen molar-refractivity contribution >= 4 is 23.3 Å². The Labute approximate surface area is 133 Å². The highest BCUT2D eigenvalue weighted by atomic mass is 32.1. The first-order chi connectivity index (χ1) is 10.7. The van der Waals surface area contributed by atoms with E-state index in [1.54, 1.807) is 11.3 Å². The first-order valence-electron chi connectivity index (χ1n) is 6.97. The average molecular weight is 318 g/mol. The second-order valence-corrected chi connectivity index (χ2v) is 5.63. The molecule has 116 valence electrons. The summed E-state index contributed by atoms with van der Waals surface area (Å²) in [6, 6.07) is 13.3. The Morgan fingerprint density at radius 1 is 1.00 bits per heavy atom. The van der Waals surface area contributed by atoms with Gasteiger partial charge in [0.05, 0.1) is 6.42 Å². The van der Waals surface area contributed by atoms with Gasteiger partial charge in [-0.1, -0.05) is 36.4 Å². The Morgan fingerprint density at radius 3 is 2.50 bits per heavy atom. The number of hydrogen-bond donors (Lipinski definition) is 2. The molecular weight excluding hydrogens is 300 g/mol. The molecule has 2 N–H and O–H groups in total. The van der Waals surface area contributed by atoms with Crippen molar-refractivity contribution in [2.24, 2.45) is 0 Å². The molecule has 1 aromatic heterocycles. The number of nitrogens with one attached hydrogen (secondary N) is 2. The van der Waals surface area contributed by atoms with E-state index in [-0.39, 0.29) is 12.5 Å². The summed E-state index contributed by atoms with van der Waals surface area (Å²) in [6.07, 6.45) is -0.118. The number of carbonyl (C=O) groups excluding carboxylic acids is 2. The van der Waals surface area contributed by atoms with Crippen molar-refractivity contribution in [1.82, 2.24) is 10.6 Å². The highest BCUT2D eigenvalue weighted by Gasteiger charge is 2.05. The van der Waals surface area contributed by atoms with Crippen LogP contribution in [0.25, 0.3) is 0 Å². The number of benzene rings is 1. The van der Waals surface area contributed by atoms with Crippen LogP contribution in [0.5, 0.6) is 0 Å². The molecule has 0 saturated carbocycles. The Balaban J connectivity index is 1.54. The number of thiophene rings is 1. The van der Waals surface area contributed by atoms with Gasteiger partial charge in [-0.2, -0.15) is 0 Å². The van der Waals surface area contributed by atoms with Gasteiger partial charge in [-0.25, -0.2) is 4.79 Å². The van der Waals surface area contributed by atoms with Gasteiger partial charge in [0.1, 0.15) is 6.61 Å². The van der Waals surface area contributed by atoms with Crippen LogP contribution in [-0.4, -0.2) is 25.1 Å². The molecule has 0 aliphatic heterocycles. The molecule has 0 saturated heterocycles. The lowest BCUT2D eigenvalue weighted by molar-refractivity contribution is -0.120. The summed E-state index contributed by atoms with van der Waals surface area (Å²) in [5.74, 6) is -0.0538. The number of ether oxygens (including phenoxy) is 1. The van der Waals surface area contributed by atoms with Gasteiger partial charge in [-0.05, 0) is 17.0 Å². The summed E-state index contributed by atoms with van der Waals surface area (Å²) in [5, 5.41) is 7.28. The van der Waals surface area contributed by atoms with Crippen LogP contribution < -0.4 is 10.6 Å². The van der Waals surface area contributed by atoms with Crippen molar-refractivity contribution < 1.29 is 14.3 Å². The summed E-state index contributed by atoms with van der Waals surface area (Å²) in [7, 11) is 0. The minimum absolute atomic E-state index is 0.0538. The molecule has 0 fully saturated rings. The Kier molecular flexibility index (Phi) is 6.44. The van der Waals surface area contributed by atoms with E-state index in [1.807, 2.05) is 47.8 Å². The van der Waals surface area contributed by atoms with Gasteiger partial charge in [0.2, 0.25) is 5.91 Å². The second-order valence-electron chi connectivity index (χ2n) is 4.59.